The Morgan fingerprint density at radius 1 is 1.42 bits per heavy atom. The lowest BCUT2D eigenvalue weighted by Crippen LogP contribution is -2.41. The predicted molar refractivity (Wildman–Crippen MR) is 66.7 cm³/mol. The van der Waals surface area contributed by atoms with Crippen molar-refractivity contribution in [1.82, 2.24) is 15.6 Å². The number of hydrogen-bond donors (Lipinski definition) is 2. The molecule has 1 aromatic heterocycles. The fourth-order valence-corrected chi connectivity index (χ4v) is 1.29. The van der Waals surface area contributed by atoms with Crippen molar-refractivity contribution in [2.75, 3.05) is 13.2 Å². The molecule has 0 spiro atoms. The first kappa shape index (κ1) is 14.9. The number of aromatic nitrogens is 1. The summed E-state index contributed by atoms with van der Waals surface area (Å²) in [7, 11) is 0. The zero-order chi connectivity index (χ0) is 14.3. The third-order valence-corrected chi connectivity index (χ3v) is 2.09. The largest absolute Gasteiger partial charge is 0.452 e. The molecule has 102 valence electrons. The van der Waals surface area contributed by atoms with E-state index in [9.17, 15) is 14.4 Å². The number of halogens is 1. The van der Waals surface area contributed by atoms with Crippen LogP contribution in [0.1, 0.15) is 17.3 Å². The molecule has 0 saturated heterocycles. The Hall–Kier alpha value is -2.15. The molecule has 19 heavy (non-hydrogen) atoms. The highest BCUT2D eigenvalue weighted by Gasteiger charge is 2.12. The van der Waals surface area contributed by atoms with Gasteiger partial charge in [0.25, 0.3) is 5.91 Å². The SMILES string of the molecule is CCNC(=O)NC(=O)COC(=O)c1ccnc(Cl)c1. The molecule has 0 aliphatic carbocycles. The van der Waals surface area contributed by atoms with Crippen LogP contribution >= 0.6 is 11.6 Å². The molecule has 7 nitrogen and oxygen atoms in total. The van der Waals surface area contributed by atoms with Gasteiger partial charge >= 0.3 is 12.0 Å². The van der Waals surface area contributed by atoms with Gasteiger partial charge in [-0.25, -0.2) is 14.6 Å². The van der Waals surface area contributed by atoms with Crippen LogP contribution in [0, 0.1) is 0 Å². The summed E-state index contributed by atoms with van der Waals surface area (Å²) in [4.78, 5) is 37.5. The zero-order valence-electron chi connectivity index (χ0n) is 10.1. The number of hydrogen-bond acceptors (Lipinski definition) is 5. The number of pyridine rings is 1. The third-order valence-electron chi connectivity index (χ3n) is 1.89. The van der Waals surface area contributed by atoms with Crippen molar-refractivity contribution in [3.05, 3.63) is 29.0 Å². The van der Waals surface area contributed by atoms with Crippen molar-refractivity contribution >= 4 is 29.5 Å². The van der Waals surface area contributed by atoms with Gasteiger partial charge in [0.1, 0.15) is 5.15 Å². The number of esters is 1. The number of nitrogens with one attached hydrogen (secondary N) is 2. The van der Waals surface area contributed by atoms with E-state index < -0.39 is 24.5 Å². The predicted octanol–water partition coefficient (Wildman–Crippen LogP) is 0.738. The summed E-state index contributed by atoms with van der Waals surface area (Å²) in [6.45, 7) is 1.53. The number of amides is 3. The van der Waals surface area contributed by atoms with E-state index in [0.29, 0.717) is 6.54 Å². The van der Waals surface area contributed by atoms with E-state index in [1.165, 1.54) is 18.3 Å². The van der Waals surface area contributed by atoms with Gasteiger partial charge in [0.05, 0.1) is 5.56 Å². The maximum atomic E-state index is 11.5. The summed E-state index contributed by atoms with van der Waals surface area (Å²) in [5.41, 5.74) is 0.172. The minimum atomic E-state index is -0.727. The van der Waals surface area contributed by atoms with Gasteiger partial charge in [0.2, 0.25) is 0 Å². The first-order valence-corrected chi connectivity index (χ1v) is 5.77. The summed E-state index contributed by atoms with van der Waals surface area (Å²) in [5.74, 6) is -1.45. The van der Waals surface area contributed by atoms with Crippen molar-refractivity contribution < 1.29 is 19.1 Å². The average molecular weight is 286 g/mol. The molecular formula is C11H12ClN3O4. The molecule has 3 amide bonds. The first-order valence-electron chi connectivity index (χ1n) is 5.39. The first-order chi connectivity index (χ1) is 9.02. The van der Waals surface area contributed by atoms with Gasteiger partial charge in [-0.3, -0.25) is 10.1 Å². The monoisotopic (exact) mass is 285 g/mol. The molecule has 8 heteroatoms. The standard InChI is InChI=1S/C11H12ClN3O4/c1-2-13-11(18)15-9(16)6-19-10(17)7-3-4-14-8(12)5-7/h3-5H,2,6H2,1H3,(H2,13,15,16,18). The molecular weight excluding hydrogens is 274 g/mol. The molecule has 0 aliphatic rings. The number of ether oxygens (including phenoxy) is 1. The average Bonchev–Trinajstić information content (AvgIpc) is 2.36. The zero-order valence-corrected chi connectivity index (χ0v) is 10.9. The normalized spacial score (nSPS) is 9.58. The van der Waals surface area contributed by atoms with E-state index in [-0.39, 0.29) is 10.7 Å². The molecule has 1 heterocycles. The molecule has 0 radical (unpaired) electrons. The second-order valence-corrected chi connectivity index (χ2v) is 3.74. The Morgan fingerprint density at radius 2 is 2.16 bits per heavy atom. The van der Waals surface area contributed by atoms with Crippen LogP contribution in [0.5, 0.6) is 0 Å². The van der Waals surface area contributed by atoms with E-state index in [1.54, 1.807) is 6.92 Å². The second-order valence-electron chi connectivity index (χ2n) is 3.35. The molecule has 0 aliphatic heterocycles. The fraction of sp³-hybridized carbons (Fsp3) is 0.273. The van der Waals surface area contributed by atoms with Gasteiger partial charge in [-0.1, -0.05) is 11.6 Å². The summed E-state index contributed by atoms with van der Waals surface area (Å²) >= 11 is 5.60. The third kappa shape index (κ3) is 5.35. The molecule has 0 bridgehead atoms. The number of carbonyl (C=O) groups is 3. The lowest BCUT2D eigenvalue weighted by Gasteiger charge is -2.06. The number of imide groups is 1. The van der Waals surface area contributed by atoms with E-state index in [0.717, 1.165) is 0 Å². The summed E-state index contributed by atoms with van der Waals surface area (Å²) in [6.07, 6.45) is 1.34. The highest BCUT2D eigenvalue weighted by Crippen LogP contribution is 2.07. The maximum Gasteiger partial charge on any atom is 0.338 e. The highest BCUT2D eigenvalue weighted by molar-refractivity contribution is 6.29. The van der Waals surface area contributed by atoms with Gasteiger partial charge in [-0.2, -0.15) is 0 Å². The topological polar surface area (TPSA) is 97.4 Å². The molecule has 0 unspecified atom stereocenters. The molecule has 0 atom stereocenters. The van der Waals surface area contributed by atoms with Crippen LogP contribution in [0.4, 0.5) is 4.79 Å². The van der Waals surface area contributed by atoms with E-state index in [2.05, 4.69) is 10.3 Å². The molecule has 0 fully saturated rings. The summed E-state index contributed by atoms with van der Waals surface area (Å²) in [5, 5.41) is 4.50. The number of urea groups is 1. The van der Waals surface area contributed by atoms with E-state index in [1.807, 2.05) is 5.32 Å². The Morgan fingerprint density at radius 3 is 2.79 bits per heavy atom. The van der Waals surface area contributed by atoms with Crippen LogP contribution in [0.15, 0.2) is 18.3 Å². The molecule has 1 rings (SSSR count). The minimum Gasteiger partial charge on any atom is -0.452 e. The van der Waals surface area contributed by atoms with Crippen LogP contribution < -0.4 is 10.6 Å². The van der Waals surface area contributed by atoms with Crippen LogP contribution in [-0.2, 0) is 9.53 Å². The Balaban J connectivity index is 2.42. The number of rotatable bonds is 4. The Bertz CT molecular complexity index is 493. The molecule has 1 aromatic rings. The van der Waals surface area contributed by atoms with Crippen molar-refractivity contribution in [1.29, 1.82) is 0 Å². The van der Waals surface area contributed by atoms with Crippen molar-refractivity contribution in [2.24, 2.45) is 0 Å². The van der Waals surface area contributed by atoms with E-state index >= 15 is 0 Å². The minimum absolute atomic E-state index is 0.140. The quantitative estimate of drug-likeness (QED) is 0.628. The summed E-state index contributed by atoms with van der Waals surface area (Å²) in [6, 6.07) is 2.07. The van der Waals surface area contributed by atoms with Crippen LogP contribution in [-0.4, -0.2) is 36.0 Å². The lowest BCUT2D eigenvalue weighted by molar-refractivity contribution is -0.123. The smallest absolute Gasteiger partial charge is 0.338 e. The molecule has 2 N–H and O–H groups in total. The Labute approximate surface area is 114 Å². The van der Waals surface area contributed by atoms with Gasteiger partial charge in [-0.15, -0.1) is 0 Å². The van der Waals surface area contributed by atoms with Crippen LogP contribution in [0.25, 0.3) is 0 Å². The van der Waals surface area contributed by atoms with Gasteiger partial charge in [0.15, 0.2) is 6.61 Å². The number of carbonyl (C=O) groups excluding carboxylic acids is 3. The lowest BCUT2D eigenvalue weighted by atomic mass is 10.3. The highest BCUT2D eigenvalue weighted by atomic mass is 35.5. The fourth-order valence-electron chi connectivity index (χ4n) is 1.11. The maximum absolute atomic E-state index is 11.5. The van der Waals surface area contributed by atoms with Gasteiger partial charge in [0, 0.05) is 12.7 Å². The number of nitrogens with zero attached hydrogens (tertiary/aromatic N) is 1. The Kier molecular flexibility index (Phi) is 5.74. The van der Waals surface area contributed by atoms with E-state index in [4.69, 9.17) is 16.3 Å². The van der Waals surface area contributed by atoms with Crippen LogP contribution in [0.3, 0.4) is 0 Å². The van der Waals surface area contributed by atoms with Gasteiger partial charge < -0.3 is 10.1 Å². The van der Waals surface area contributed by atoms with Crippen molar-refractivity contribution in [3.8, 4) is 0 Å². The molecule has 0 saturated carbocycles. The molecule has 0 aromatic carbocycles. The van der Waals surface area contributed by atoms with Crippen molar-refractivity contribution in [3.63, 3.8) is 0 Å². The summed E-state index contributed by atoms with van der Waals surface area (Å²) < 4.78 is 4.71. The van der Waals surface area contributed by atoms with Crippen LogP contribution in [0.2, 0.25) is 5.15 Å². The second kappa shape index (κ2) is 7.32. The van der Waals surface area contributed by atoms with Crippen molar-refractivity contribution in [2.45, 2.75) is 6.92 Å². The van der Waals surface area contributed by atoms with Gasteiger partial charge in [-0.05, 0) is 19.1 Å².